The molecule has 1 unspecified atom stereocenters. The maximum absolute atomic E-state index is 9.50. The van der Waals surface area contributed by atoms with Gasteiger partial charge in [-0.25, -0.2) is 0 Å². The molecule has 1 atom stereocenters. The van der Waals surface area contributed by atoms with Gasteiger partial charge in [0, 0.05) is 18.8 Å². The molecule has 0 bridgehead atoms. The Kier molecular flexibility index (Phi) is 6.03. The Balaban J connectivity index is 2.04. The van der Waals surface area contributed by atoms with E-state index in [1.165, 1.54) is 16.8 Å². The summed E-state index contributed by atoms with van der Waals surface area (Å²) in [6.07, 6.45) is 0. The summed E-state index contributed by atoms with van der Waals surface area (Å²) >= 11 is 0. The molecular weight excluding hydrogens is 264 g/mol. The molecule has 118 valence electrons. The van der Waals surface area contributed by atoms with Crippen LogP contribution in [-0.4, -0.2) is 44.1 Å². The lowest BCUT2D eigenvalue weighted by molar-refractivity contribution is 0.0726. The number of ether oxygens (including phenoxy) is 1. The monoisotopic (exact) mass is 292 g/mol. The average molecular weight is 292 g/mol. The number of hydrogen-bond donors (Lipinski definition) is 2. The number of aliphatic hydroxyl groups is 1. The van der Waals surface area contributed by atoms with Crippen LogP contribution in [0.2, 0.25) is 0 Å². The van der Waals surface area contributed by atoms with Crippen LogP contribution >= 0.6 is 0 Å². The highest BCUT2D eigenvalue weighted by Gasteiger charge is 2.23. The van der Waals surface area contributed by atoms with E-state index in [0.29, 0.717) is 12.5 Å². The van der Waals surface area contributed by atoms with E-state index in [0.717, 1.165) is 26.2 Å². The van der Waals surface area contributed by atoms with Gasteiger partial charge >= 0.3 is 0 Å². The van der Waals surface area contributed by atoms with Gasteiger partial charge in [-0.1, -0.05) is 26.0 Å². The van der Waals surface area contributed by atoms with Crippen molar-refractivity contribution in [3.63, 3.8) is 0 Å². The molecule has 1 fully saturated rings. The largest absolute Gasteiger partial charge is 0.394 e. The fraction of sp³-hybridized carbons (Fsp3) is 0.647. The van der Waals surface area contributed by atoms with E-state index in [9.17, 15) is 5.11 Å². The molecule has 21 heavy (non-hydrogen) atoms. The Labute approximate surface area is 128 Å². The number of aryl methyl sites for hydroxylation is 1. The lowest BCUT2D eigenvalue weighted by Gasteiger charge is -2.37. The van der Waals surface area contributed by atoms with E-state index in [1.54, 1.807) is 0 Å². The topological polar surface area (TPSA) is 44.7 Å². The van der Waals surface area contributed by atoms with Crippen molar-refractivity contribution in [2.75, 3.05) is 37.8 Å². The second-order valence-corrected chi connectivity index (χ2v) is 6.25. The molecule has 1 aromatic carbocycles. The summed E-state index contributed by atoms with van der Waals surface area (Å²) in [5.41, 5.74) is 3.79. The number of benzene rings is 1. The van der Waals surface area contributed by atoms with Crippen LogP contribution in [0.4, 0.5) is 5.69 Å². The Bertz CT molecular complexity index is 448. The van der Waals surface area contributed by atoms with Gasteiger partial charge in [0.25, 0.3) is 0 Å². The summed E-state index contributed by atoms with van der Waals surface area (Å²) in [6.45, 7) is 10.8. The van der Waals surface area contributed by atoms with Crippen LogP contribution in [0.1, 0.15) is 25.0 Å². The van der Waals surface area contributed by atoms with Crippen molar-refractivity contribution in [1.82, 2.24) is 5.32 Å². The highest BCUT2D eigenvalue weighted by Crippen LogP contribution is 2.25. The number of nitrogens with one attached hydrogen (secondary N) is 1. The number of morpholine rings is 1. The summed E-state index contributed by atoms with van der Waals surface area (Å²) < 4.78 is 5.45. The highest BCUT2D eigenvalue weighted by atomic mass is 16.5. The molecule has 2 N–H and O–H groups in total. The second kappa shape index (κ2) is 7.78. The molecule has 0 aromatic heterocycles. The van der Waals surface area contributed by atoms with Crippen LogP contribution in [0, 0.1) is 12.8 Å². The van der Waals surface area contributed by atoms with E-state index in [2.05, 4.69) is 49.2 Å². The summed E-state index contributed by atoms with van der Waals surface area (Å²) in [4.78, 5) is 2.27. The molecule has 4 nitrogen and oxygen atoms in total. The minimum atomic E-state index is 0.0716. The second-order valence-electron chi connectivity index (χ2n) is 6.25. The van der Waals surface area contributed by atoms with Crippen molar-refractivity contribution in [1.29, 1.82) is 0 Å². The third kappa shape index (κ3) is 4.43. The maximum atomic E-state index is 9.50. The van der Waals surface area contributed by atoms with Crippen LogP contribution in [0.3, 0.4) is 0 Å². The number of aliphatic hydroxyl groups excluding tert-OH is 1. The number of anilines is 1. The lowest BCUT2D eigenvalue weighted by Crippen LogP contribution is -2.48. The molecule has 1 saturated heterocycles. The standard InChI is InChI=1S/C17H28N2O2/c1-13(2)9-18-10-15-4-5-17(14(3)8-15)19-6-7-21-12-16(19)11-20/h4-5,8,13,16,18,20H,6-7,9-12H2,1-3H3. The molecule has 0 aliphatic carbocycles. The van der Waals surface area contributed by atoms with E-state index in [4.69, 9.17) is 4.74 Å². The van der Waals surface area contributed by atoms with Gasteiger partial charge in [-0.3, -0.25) is 0 Å². The highest BCUT2D eigenvalue weighted by molar-refractivity contribution is 5.55. The van der Waals surface area contributed by atoms with Gasteiger partial charge in [0.05, 0.1) is 25.9 Å². The number of rotatable bonds is 6. The first-order chi connectivity index (χ1) is 10.1. The molecule has 0 radical (unpaired) electrons. The molecule has 0 saturated carbocycles. The smallest absolute Gasteiger partial charge is 0.0755 e. The Morgan fingerprint density at radius 2 is 2.24 bits per heavy atom. The predicted molar refractivity (Wildman–Crippen MR) is 86.8 cm³/mol. The summed E-state index contributed by atoms with van der Waals surface area (Å²) in [6, 6.07) is 6.67. The van der Waals surface area contributed by atoms with Crippen molar-refractivity contribution in [3.05, 3.63) is 29.3 Å². The maximum Gasteiger partial charge on any atom is 0.0755 e. The van der Waals surface area contributed by atoms with Gasteiger partial charge in [-0.05, 0) is 36.6 Å². The lowest BCUT2D eigenvalue weighted by atomic mass is 10.1. The molecule has 0 amide bonds. The van der Waals surface area contributed by atoms with Gasteiger partial charge in [0.2, 0.25) is 0 Å². The van der Waals surface area contributed by atoms with E-state index in [-0.39, 0.29) is 12.6 Å². The molecular formula is C17H28N2O2. The third-order valence-electron chi connectivity index (χ3n) is 3.89. The van der Waals surface area contributed by atoms with Crippen molar-refractivity contribution >= 4 is 5.69 Å². The average Bonchev–Trinajstić information content (AvgIpc) is 2.47. The first-order valence-corrected chi connectivity index (χ1v) is 7.87. The minimum absolute atomic E-state index is 0.0716. The van der Waals surface area contributed by atoms with Crippen LogP contribution in [-0.2, 0) is 11.3 Å². The number of hydrogen-bond acceptors (Lipinski definition) is 4. The van der Waals surface area contributed by atoms with Gasteiger partial charge in [0.15, 0.2) is 0 Å². The van der Waals surface area contributed by atoms with Crippen molar-refractivity contribution in [2.24, 2.45) is 5.92 Å². The van der Waals surface area contributed by atoms with Crippen molar-refractivity contribution in [3.8, 4) is 0 Å². The first kappa shape index (κ1) is 16.3. The van der Waals surface area contributed by atoms with E-state index >= 15 is 0 Å². The fourth-order valence-corrected chi connectivity index (χ4v) is 2.78. The molecule has 1 aromatic rings. The quantitative estimate of drug-likeness (QED) is 0.841. The minimum Gasteiger partial charge on any atom is -0.394 e. The summed E-state index contributed by atoms with van der Waals surface area (Å²) in [5.74, 6) is 0.670. The molecule has 0 spiro atoms. The Morgan fingerprint density at radius 3 is 2.90 bits per heavy atom. The van der Waals surface area contributed by atoms with Crippen LogP contribution < -0.4 is 10.2 Å². The fourth-order valence-electron chi connectivity index (χ4n) is 2.78. The normalized spacial score (nSPS) is 19.3. The molecule has 4 heteroatoms. The molecule has 1 aliphatic heterocycles. The zero-order valence-electron chi connectivity index (χ0n) is 13.4. The van der Waals surface area contributed by atoms with Crippen LogP contribution in [0.15, 0.2) is 18.2 Å². The third-order valence-corrected chi connectivity index (χ3v) is 3.89. The van der Waals surface area contributed by atoms with Crippen LogP contribution in [0.5, 0.6) is 0 Å². The summed E-state index contributed by atoms with van der Waals surface area (Å²) in [7, 11) is 0. The Morgan fingerprint density at radius 1 is 1.43 bits per heavy atom. The van der Waals surface area contributed by atoms with Gasteiger partial charge in [-0.15, -0.1) is 0 Å². The zero-order valence-corrected chi connectivity index (χ0v) is 13.4. The summed E-state index contributed by atoms with van der Waals surface area (Å²) in [5, 5.41) is 13.0. The van der Waals surface area contributed by atoms with Crippen LogP contribution in [0.25, 0.3) is 0 Å². The van der Waals surface area contributed by atoms with E-state index in [1.807, 2.05) is 0 Å². The van der Waals surface area contributed by atoms with Gasteiger partial charge < -0.3 is 20.1 Å². The van der Waals surface area contributed by atoms with Gasteiger partial charge in [0.1, 0.15) is 0 Å². The van der Waals surface area contributed by atoms with Crippen molar-refractivity contribution in [2.45, 2.75) is 33.4 Å². The zero-order chi connectivity index (χ0) is 15.2. The number of nitrogens with zero attached hydrogens (tertiary/aromatic N) is 1. The molecule has 2 rings (SSSR count). The SMILES string of the molecule is Cc1cc(CNCC(C)C)ccc1N1CCOCC1CO. The first-order valence-electron chi connectivity index (χ1n) is 7.87. The van der Waals surface area contributed by atoms with Gasteiger partial charge in [-0.2, -0.15) is 0 Å². The predicted octanol–water partition coefficient (Wildman–Crippen LogP) is 1.94. The Hall–Kier alpha value is -1.10. The van der Waals surface area contributed by atoms with E-state index < -0.39 is 0 Å². The molecule has 1 heterocycles. The molecule has 1 aliphatic rings. The van der Waals surface area contributed by atoms with Crippen molar-refractivity contribution < 1.29 is 9.84 Å².